The Bertz CT molecular complexity index is 210. The molecule has 0 aliphatic heterocycles. The van der Waals surface area contributed by atoms with E-state index in [2.05, 4.69) is 20.0 Å². The van der Waals surface area contributed by atoms with Crippen molar-refractivity contribution in [3.8, 4) is 0 Å². The molecular formula is C20H44OSi. The van der Waals surface area contributed by atoms with Crippen molar-refractivity contribution in [1.29, 1.82) is 0 Å². The molecule has 0 saturated carbocycles. The van der Waals surface area contributed by atoms with Crippen molar-refractivity contribution in [2.75, 3.05) is 0 Å². The van der Waals surface area contributed by atoms with Crippen LogP contribution in [0, 0.1) is 0 Å². The minimum Gasteiger partial charge on any atom is -0.432 e. The second-order valence-corrected chi connectivity index (χ2v) is 12.0. The lowest BCUT2D eigenvalue weighted by atomic mass is 10.0. The standard InChI is InChI=1S/C20H44OSi/c1-4-5-6-7-8-9-10-11-12-13-14-15-16-17-18-19-20-22(2,3)21/h21H,4-20H2,1-3H3. The van der Waals surface area contributed by atoms with Crippen LogP contribution in [0.5, 0.6) is 0 Å². The summed E-state index contributed by atoms with van der Waals surface area (Å²) in [4.78, 5) is 9.77. The third-order valence-electron chi connectivity index (χ3n) is 4.64. The summed E-state index contributed by atoms with van der Waals surface area (Å²) in [6.45, 7) is 6.40. The molecule has 2 heteroatoms. The van der Waals surface area contributed by atoms with E-state index >= 15 is 0 Å². The van der Waals surface area contributed by atoms with Crippen molar-refractivity contribution in [3.63, 3.8) is 0 Å². The fraction of sp³-hybridized carbons (Fsp3) is 1.00. The van der Waals surface area contributed by atoms with Gasteiger partial charge in [0.15, 0.2) is 8.32 Å². The number of unbranched alkanes of at least 4 members (excludes halogenated alkanes) is 15. The molecule has 1 N–H and O–H groups in total. The summed E-state index contributed by atoms with van der Waals surface area (Å²) in [5.74, 6) is 0. The highest BCUT2D eigenvalue weighted by Crippen LogP contribution is 2.15. The molecule has 134 valence electrons. The third-order valence-corrected chi connectivity index (χ3v) is 6.22. The number of hydrogen-bond acceptors (Lipinski definition) is 1. The van der Waals surface area contributed by atoms with Gasteiger partial charge in [0, 0.05) is 0 Å². The highest BCUT2D eigenvalue weighted by Gasteiger charge is 2.14. The van der Waals surface area contributed by atoms with E-state index in [0.29, 0.717) is 0 Å². The number of rotatable bonds is 17. The fourth-order valence-corrected chi connectivity index (χ4v) is 4.22. The zero-order chi connectivity index (χ0) is 16.5. The third kappa shape index (κ3) is 20.2. The molecule has 0 saturated heterocycles. The van der Waals surface area contributed by atoms with Crippen LogP contribution in [0.1, 0.15) is 110 Å². The van der Waals surface area contributed by atoms with Crippen LogP contribution in [0.15, 0.2) is 0 Å². The van der Waals surface area contributed by atoms with Gasteiger partial charge in [-0.3, -0.25) is 0 Å². The van der Waals surface area contributed by atoms with E-state index in [-0.39, 0.29) is 0 Å². The maximum Gasteiger partial charge on any atom is 0.182 e. The van der Waals surface area contributed by atoms with Gasteiger partial charge in [-0.1, -0.05) is 110 Å². The summed E-state index contributed by atoms with van der Waals surface area (Å²) in [5, 5.41) is 0. The van der Waals surface area contributed by atoms with Gasteiger partial charge in [0.2, 0.25) is 0 Å². The van der Waals surface area contributed by atoms with E-state index in [0.717, 1.165) is 6.04 Å². The Morgan fingerprint density at radius 3 is 1.05 bits per heavy atom. The molecule has 0 atom stereocenters. The molecule has 0 heterocycles. The molecule has 0 aromatic heterocycles. The monoisotopic (exact) mass is 328 g/mol. The summed E-state index contributed by atoms with van der Waals surface area (Å²) in [7, 11) is -1.76. The molecule has 0 radical (unpaired) electrons. The molecule has 0 aliphatic rings. The Kier molecular flexibility index (Phi) is 16.2. The van der Waals surface area contributed by atoms with Crippen LogP contribution in [0.4, 0.5) is 0 Å². The van der Waals surface area contributed by atoms with Gasteiger partial charge >= 0.3 is 0 Å². The van der Waals surface area contributed by atoms with Crippen LogP contribution >= 0.6 is 0 Å². The average Bonchev–Trinajstić information content (AvgIpc) is 2.45. The summed E-state index contributed by atoms with van der Waals surface area (Å²) in [6, 6.07) is 1.09. The Labute approximate surface area is 142 Å². The van der Waals surface area contributed by atoms with Gasteiger partial charge in [0.05, 0.1) is 0 Å². The van der Waals surface area contributed by atoms with E-state index < -0.39 is 8.32 Å². The Hall–Kier alpha value is 0.177. The second kappa shape index (κ2) is 16.0. The maximum absolute atomic E-state index is 9.77. The minimum atomic E-state index is -1.76. The largest absolute Gasteiger partial charge is 0.432 e. The van der Waals surface area contributed by atoms with Crippen LogP contribution in [0.3, 0.4) is 0 Å². The summed E-state index contributed by atoms with van der Waals surface area (Å²) in [5.41, 5.74) is 0. The fourth-order valence-electron chi connectivity index (χ4n) is 3.11. The van der Waals surface area contributed by atoms with Crippen LogP contribution in [-0.2, 0) is 0 Å². The molecule has 0 fully saturated rings. The first-order chi connectivity index (χ1) is 10.6. The van der Waals surface area contributed by atoms with Crippen molar-refractivity contribution in [2.24, 2.45) is 0 Å². The summed E-state index contributed by atoms with van der Waals surface area (Å²) < 4.78 is 0. The van der Waals surface area contributed by atoms with Gasteiger partial charge in [-0.25, -0.2) is 0 Å². The zero-order valence-electron chi connectivity index (χ0n) is 16.0. The number of hydrogen-bond donors (Lipinski definition) is 1. The zero-order valence-corrected chi connectivity index (χ0v) is 17.0. The first-order valence-electron chi connectivity index (χ1n) is 10.3. The van der Waals surface area contributed by atoms with E-state index in [1.54, 1.807) is 0 Å². The smallest absolute Gasteiger partial charge is 0.182 e. The Balaban J connectivity index is 3.00. The summed E-state index contributed by atoms with van der Waals surface area (Å²) in [6.07, 6.45) is 22.7. The molecule has 0 bridgehead atoms. The molecule has 0 aliphatic carbocycles. The van der Waals surface area contributed by atoms with Crippen molar-refractivity contribution in [2.45, 2.75) is 129 Å². The van der Waals surface area contributed by atoms with Crippen molar-refractivity contribution < 1.29 is 4.80 Å². The molecule has 0 rings (SSSR count). The normalized spacial score (nSPS) is 12.0. The summed E-state index contributed by atoms with van der Waals surface area (Å²) >= 11 is 0. The van der Waals surface area contributed by atoms with Crippen molar-refractivity contribution in [1.82, 2.24) is 0 Å². The van der Waals surface area contributed by atoms with E-state index in [4.69, 9.17) is 0 Å². The minimum absolute atomic E-state index is 1.09. The molecule has 0 amide bonds. The Morgan fingerprint density at radius 1 is 0.500 bits per heavy atom. The van der Waals surface area contributed by atoms with Crippen LogP contribution in [0.2, 0.25) is 19.1 Å². The molecule has 0 aromatic rings. The topological polar surface area (TPSA) is 20.2 Å². The SMILES string of the molecule is CCCCCCCCCCCCCCCCCC[Si](C)(C)O. The van der Waals surface area contributed by atoms with Crippen LogP contribution in [0.25, 0.3) is 0 Å². The van der Waals surface area contributed by atoms with Gasteiger partial charge in [-0.2, -0.15) is 0 Å². The predicted molar refractivity (Wildman–Crippen MR) is 104 cm³/mol. The van der Waals surface area contributed by atoms with Gasteiger partial charge in [0.25, 0.3) is 0 Å². The lowest BCUT2D eigenvalue weighted by molar-refractivity contribution is 0.523. The van der Waals surface area contributed by atoms with Crippen LogP contribution < -0.4 is 0 Å². The van der Waals surface area contributed by atoms with Crippen molar-refractivity contribution >= 4 is 8.32 Å². The molecular weight excluding hydrogens is 284 g/mol. The van der Waals surface area contributed by atoms with Crippen molar-refractivity contribution in [3.05, 3.63) is 0 Å². The van der Waals surface area contributed by atoms with E-state index in [1.165, 1.54) is 103 Å². The van der Waals surface area contributed by atoms with Gasteiger partial charge in [-0.05, 0) is 19.1 Å². The first kappa shape index (κ1) is 22.2. The molecule has 0 aromatic carbocycles. The second-order valence-electron chi connectivity index (χ2n) is 7.87. The Morgan fingerprint density at radius 2 is 0.773 bits per heavy atom. The van der Waals surface area contributed by atoms with Crippen LogP contribution in [-0.4, -0.2) is 13.1 Å². The van der Waals surface area contributed by atoms with E-state index in [1.807, 2.05) is 0 Å². The molecule has 0 unspecified atom stereocenters. The first-order valence-corrected chi connectivity index (χ1v) is 13.4. The molecule has 1 nitrogen and oxygen atoms in total. The van der Waals surface area contributed by atoms with Gasteiger partial charge in [-0.15, -0.1) is 0 Å². The molecule has 0 spiro atoms. The van der Waals surface area contributed by atoms with Gasteiger partial charge < -0.3 is 4.80 Å². The highest BCUT2D eigenvalue weighted by molar-refractivity contribution is 6.69. The maximum atomic E-state index is 9.77. The van der Waals surface area contributed by atoms with Gasteiger partial charge in [0.1, 0.15) is 0 Å². The quantitative estimate of drug-likeness (QED) is 0.217. The molecule has 22 heavy (non-hydrogen) atoms. The average molecular weight is 329 g/mol. The lowest BCUT2D eigenvalue weighted by Gasteiger charge is -2.12. The predicted octanol–water partition coefficient (Wildman–Crippen LogP) is 7.45. The highest BCUT2D eigenvalue weighted by atomic mass is 28.4. The van der Waals surface area contributed by atoms with E-state index in [9.17, 15) is 4.80 Å². The lowest BCUT2D eigenvalue weighted by Crippen LogP contribution is -2.23.